The maximum absolute atomic E-state index is 11.0. The molecule has 0 saturated heterocycles. The van der Waals surface area contributed by atoms with Gasteiger partial charge < -0.3 is 10.0 Å². The predicted molar refractivity (Wildman–Crippen MR) is 75.4 cm³/mol. The van der Waals surface area contributed by atoms with Crippen LogP contribution in [-0.4, -0.2) is 23.7 Å². The van der Waals surface area contributed by atoms with Crippen LogP contribution in [0.1, 0.15) is 50.4 Å². The molecule has 1 N–H and O–H groups in total. The van der Waals surface area contributed by atoms with Crippen molar-refractivity contribution in [2.24, 2.45) is 0 Å². The Balaban J connectivity index is 2.96. The van der Waals surface area contributed by atoms with Crippen molar-refractivity contribution in [2.45, 2.75) is 46.1 Å². The van der Waals surface area contributed by atoms with Crippen molar-refractivity contribution in [3.8, 4) is 0 Å². The van der Waals surface area contributed by atoms with E-state index in [1.54, 1.807) is 12.1 Å². The molecule has 0 aromatic heterocycles. The summed E-state index contributed by atoms with van der Waals surface area (Å²) in [5, 5.41) is 9.04. The zero-order chi connectivity index (χ0) is 13.5. The van der Waals surface area contributed by atoms with Crippen molar-refractivity contribution < 1.29 is 9.90 Å². The minimum absolute atomic E-state index is 0.359. The van der Waals surface area contributed by atoms with E-state index in [1.807, 2.05) is 12.1 Å². The van der Waals surface area contributed by atoms with Crippen LogP contribution >= 0.6 is 0 Å². The fourth-order valence-corrected chi connectivity index (χ4v) is 1.97. The first-order valence-electron chi connectivity index (χ1n) is 6.70. The lowest BCUT2D eigenvalue weighted by atomic mass is 10.1. The van der Waals surface area contributed by atoms with Crippen LogP contribution in [0.3, 0.4) is 0 Å². The molecule has 1 atom stereocenters. The zero-order valence-corrected chi connectivity index (χ0v) is 11.5. The SMILES string of the molecule is CCCCN(c1cccc(C(=O)O)c1)C(C)CC. The highest BCUT2D eigenvalue weighted by molar-refractivity contribution is 5.88. The number of hydrogen-bond donors (Lipinski definition) is 1. The molecule has 100 valence electrons. The second-order valence-electron chi connectivity index (χ2n) is 4.66. The number of anilines is 1. The first kappa shape index (κ1) is 14.6. The monoisotopic (exact) mass is 249 g/mol. The molecule has 1 aromatic rings. The van der Waals surface area contributed by atoms with E-state index in [4.69, 9.17) is 5.11 Å². The Hall–Kier alpha value is -1.51. The smallest absolute Gasteiger partial charge is 0.335 e. The van der Waals surface area contributed by atoms with Crippen LogP contribution in [0.4, 0.5) is 5.69 Å². The largest absolute Gasteiger partial charge is 0.478 e. The number of unbranched alkanes of at least 4 members (excludes halogenated alkanes) is 1. The standard InChI is InChI=1S/C15H23NO2/c1-4-6-10-16(12(3)5-2)14-9-7-8-13(11-14)15(17)18/h7-9,11-12H,4-6,10H2,1-3H3,(H,17,18). The number of carbonyl (C=O) groups is 1. The van der Waals surface area contributed by atoms with Gasteiger partial charge in [-0.3, -0.25) is 0 Å². The van der Waals surface area contributed by atoms with Gasteiger partial charge in [0.25, 0.3) is 0 Å². The first-order chi connectivity index (χ1) is 8.60. The summed E-state index contributed by atoms with van der Waals surface area (Å²) in [6, 6.07) is 7.65. The Morgan fingerprint density at radius 2 is 2.11 bits per heavy atom. The quantitative estimate of drug-likeness (QED) is 0.799. The van der Waals surface area contributed by atoms with E-state index in [-0.39, 0.29) is 0 Å². The number of nitrogens with zero attached hydrogens (tertiary/aromatic N) is 1. The molecule has 0 fully saturated rings. The molecule has 0 aliphatic rings. The number of aromatic carboxylic acids is 1. The van der Waals surface area contributed by atoms with Gasteiger partial charge in [-0.2, -0.15) is 0 Å². The van der Waals surface area contributed by atoms with E-state index in [1.165, 1.54) is 0 Å². The van der Waals surface area contributed by atoms with Crippen LogP contribution in [0.15, 0.2) is 24.3 Å². The van der Waals surface area contributed by atoms with E-state index in [0.29, 0.717) is 11.6 Å². The Kier molecular flexibility index (Phi) is 5.69. The molecular weight excluding hydrogens is 226 g/mol. The van der Waals surface area contributed by atoms with E-state index in [9.17, 15) is 4.79 Å². The number of hydrogen-bond acceptors (Lipinski definition) is 2. The summed E-state index contributed by atoms with van der Waals surface area (Å²) in [7, 11) is 0. The fraction of sp³-hybridized carbons (Fsp3) is 0.533. The summed E-state index contributed by atoms with van der Waals surface area (Å²) >= 11 is 0. The van der Waals surface area contributed by atoms with E-state index in [2.05, 4.69) is 25.7 Å². The fourth-order valence-electron chi connectivity index (χ4n) is 1.97. The molecule has 1 unspecified atom stereocenters. The molecule has 0 saturated carbocycles. The lowest BCUT2D eigenvalue weighted by molar-refractivity contribution is 0.0697. The second-order valence-corrected chi connectivity index (χ2v) is 4.66. The predicted octanol–water partition coefficient (Wildman–Crippen LogP) is 3.79. The van der Waals surface area contributed by atoms with Crippen LogP contribution in [0.2, 0.25) is 0 Å². The Morgan fingerprint density at radius 1 is 1.39 bits per heavy atom. The maximum atomic E-state index is 11.0. The third-order valence-corrected chi connectivity index (χ3v) is 3.30. The normalized spacial score (nSPS) is 12.2. The third kappa shape index (κ3) is 3.76. The first-order valence-corrected chi connectivity index (χ1v) is 6.70. The molecule has 1 rings (SSSR count). The summed E-state index contributed by atoms with van der Waals surface area (Å²) in [5.74, 6) is -0.864. The summed E-state index contributed by atoms with van der Waals surface area (Å²) in [6.07, 6.45) is 3.33. The van der Waals surface area contributed by atoms with Crippen molar-refractivity contribution >= 4 is 11.7 Å². The minimum atomic E-state index is -0.864. The zero-order valence-electron chi connectivity index (χ0n) is 11.5. The minimum Gasteiger partial charge on any atom is -0.478 e. The van der Waals surface area contributed by atoms with Gasteiger partial charge in [0.15, 0.2) is 0 Å². The summed E-state index contributed by atoms with van der Waals surface area (Å²) in [6.45, 7) is 7.49. The second kappa shape index (κ2) is 7.04. The van der Waals surface area contributed by atoms with Gasteiger partial charge in [0.05, 0.1) is 5.56 Å². The summed E-state index contributed by atoms with van der Waals surface area (Å²) in [5.41, 5.74) is 1.37. The van der Waals surface area contributed by atoms with Gasteiger partial charge in [-0.15, -0.1) is 0 Å². The van der Waals surface area contributed by atoms with Gasteiger partial charge >= 0.3 is 5.97 Å². The molecule has 18 heavy (non-hydrogen) atoms. The van der Waals surface area contributed by atoms with Gasteiger partial charge in [-0.25, -0.2) is 4.79 Å². The molecule has 3 nitrogen and oxygen atoms in total. The Labute approximate surface area is 109 Å². The van der Waals surface area contributed by atoms with Crippen molar-refractivity contribution in [1.82, 2.24) is 0 Å². The van der Waals surface area contributed by atoms with Crippen LogP contribution in [-0.2, 0) is 0 Å². The van der Waals surface area contributed by atoms with E-state index < -0.39 is 5.97 Å². The van der Waals surface area contributed by atoms with Crippen LogP contribution in [0.5, 0.6) is 0 Å². The third-order valence-electron chi connectivity index (χ3n) is 3.30. The summed E-state index contributed by atoms with van der Waals surface area (Å²) < 4.78 is 0. The van der Waals surface area contributed by atoms with Gasteiger partial charge in [0.1, 0.15) is 0 Å². The van der Waals surface area contributed by atoms with Crippen molar-refractivity contribution in [2.75, 3.05) is 11.4 Å². The summed E-state index contributed by atoms with van der Waals surface area (Å²) in [4.78, 5) is 13.3. The van der Waals surface area contributed by atoms with Crippen molar-refractivity contribution in [3.05, 3.63) is 29.8 Å². The average Bonchev–Trinajstić information content (AvgIpc) is 2.39. The van der Waals surface area contributed by atoms with Gasteiger partial charge in [0.2, 0.25) is 0 Å². The molecule has 0 heterocycles. The molecule has 0 radical (unpaired) electrons. The molecular formula is C15H23NO2. The van der Waals surface area contributed by atoms with Gasteiger partial charge in [-0.1, -0.05) is 26.3 Å². The lowest BCUT2D eigenvalue weighted by Crippen LogP contribution is -2.33. The molecule has 0 amide bonds. The van der Waals surface area contributed by atoms with E-state index >= 15 is 0 Å². The number of carboxylic acid groups (broad SMARTS) is 1. The Morgan fingerprint density at radius 3 is 2.67 bits per heavy atom. The molecule has 3 heteroatoms. The average molecular weight is 249 g/mol. The number of carboxylic acids is 1. The molecule has 0 aliphatic carbocycles. The van der Waals surface area contributed by atoms with Gasteiger partial charge in [0, 0.05) is 18.3 Å². The van der Waals surface area contributed by atoms with Gasteiger partial charge in [-0.05, 0) is 38.0 Å². The highest BCUT2D eigenvalue weighted by atomic mass is 16.4. The van der Waals surface area contributed by atoms with Crippen LogP contribution in [0.25, 0.3) is 0 Å². The van der Waals surface area contributed by atoms with E-state index in [0.717, 1.165) is 31.5 Å². The number of benzene rings is 1. The highest BCUT2D eigenvalue weighted by Crippen LogP contribution is 2.21. The van der Waals surface area contributed by atoms with Crippen LogP contribution in [0, 0.1) is 0 Å². The topological polar surface area (TPSA) is 40.5 Å². The lowest BCUT2D eigenvalue weighted by Gasteiger charge is -2.31. The maximum Gasteiger partial charge on any atom is 0.335 e. The highest BCUT2D eigenvalue weighted by Gasteiger charge is 2.14. The molecule has 0 bridgehead atoms. The molecule has 0 spiro atoms. The van der Waals surface area contributed by atoms with Crippen molar-refractivity contribution in [3.63, 3.8) is 0 Å². The van der Waals surface area contributed by atoms with Crippen LogP contribution < -0.4 is 4.90 Å². The molecule has 0 aliphatic heterocycles. The number of rotatable bonds is 7. The van der Waals surface area contributed by atoms with Crippen molar-refractivity contribution in [1.29, 1.82) is 0 Å². The molecule has 1 aromatic carbocycles. The Bertz CT molecular complexity index is 390.